The predicted octanol–water partition coefficient (Wildman–Crippen LogP) is 7.33. The summed E-state index contributed by atoms with van der Waals surface area (Å²) in [5, 5.41) is 3.64. The Bertz CT molecular complexity index is 1670. The molecule has 5 aromatic rings. The maximum Gasteiger partial charge on any atom is 0.259 e. The Morgan fingerprint density at radius 2 is 1.65 bits per heavy atom. The number of hydrogen-bond acceptors (Lipinski definition) is 4. The normalized spacial score (nSPS) is 11.2. The SMILES string of the molecule is CCCCCn1c(-c2ccc(C(=O)NCc3ccc(SC)cc3)cc2)cc(=O)n2cc(-c3ccc(Cl)cc3)nc12. The van der Waals surface area contributed by atoms with Crippen molar-refractivity contribution >= 4 is 35.0 Å². The molecule has 0 radical (unpaired) electrons. The zero-order valence-corrected chi connectivity index (χ0v) is 24.1. The number of rotatable bonds is 10. The van der Waals surface area contributed by atoms with Crippen LogP contribution in [0.4, 0.5) is 0 Å². The first-order chi connectivity index (χ1) is 19.5. The van der Waals surface area contributed by atoms with Gasteiger partial charge < -0.3 is 9.88 Å². The summed E-state index contributed by atoms with van der Waals surface area (Å²) in [5.74, 6) is 0.454. The molecule has 8 heteroatoms. The first-order valence-electron chi connectivity index (χ1n) is 13.4. The number of amides is 1. The standard InChI is InChI=1S/C32H31ClN4O2S/c1-3-4-5-18-36-29(19-30(38)37-21-28(35-32(36)37)23-12-14-26(33)15-13-23)24-8-10-25(11-9-24)31(39)34-20-22-6-16-27(40-2)17-7-22/h6-17,19,21H,3-5,18,20H2,1-2H3,(H,34,39). The van der Waals surface area contributed by atoms with E-state index in [1.54, 1.807) is 40.6 Å². The van der Waals surface area contributed by atoms with Crippen molar-refractivity contribution in [3.63, 3.8) is 0 Å². The third-order valence-corrected chi connectivity index (χ3v) is 7.89. The average molecular weight is 571 g/mol. The van der Waals surface area contributed by atoms with Gasteiger partial charge in [0.15, 0.2) is 0 Å². The monoisotopic (exact) mass is 570 g/mol. The van der Waals surface area contributed by atoms with Crippen LogP contribution in [0.25, 0.3) is 28.3 Å². The number of imidazole rings is 1. The number of hydrogen-bond donors (Lipinski definition) is 1. The lowest BCUT2D eigenvalue weighted by atomic mass is 10.1. The van der Waals surface area contributed by atoms with Gasteiger partial charge >= 0.3 is 0 Å². The fourth-order valence-corrected chi connectivity index (χ4v) is 5.19. The van der Waals surface area contributed by atoms with Gasteiger partial charge in [0.2, 0.25) is 5.78 Å². The zero-order valence-electron chi connectivity index (χ0n) is 22.6. The molecular weight excluding hydrogens is 540 g/mol. The van der Waals surface area contributed by atoms with Crippen molar-refractivity contribution < 1.29 is 4.79 Å². The van der Waals surface area contributed by atoms with Gasteiger partial charge in [0.1, 0.15) is 0 Å². The lowest BCUT2D eigenvalue weighted by molar-refractivity contribution is 0.0951. The molecule has 0 saturated heterocycles. The van der Waals surface area contributed by atoms with Gasteiger partial charge in [-0.2, -0.15) is 0 Å². The molecule has 204 valence electrons. The second-order valence-electron chi connectivity index (χ2n) is 9.64. The number of aromatic nitrogens is 3. The molecule has 0 unspecified atom stereocenters. The molecule has 5 rings (SSSR count). The molecule has 0 atom stereocenters. The highest BCUT2D eigenvalue weighted by atomic mass is 35.5. The van der Waals surface area contributed by atoms with Crippen LogP contribution < -0.4 is 10.9 Å². The Balaban J connectivity index is 1.44. The summed E-state index contributed by atoms with van der Waals surface area (Å²) < 4.78 is 3.71. The molecule has 2 heterocycles. The van der Waals surface area contributed by atoms with E-state index in [2.05, 4.69) is 28.9 Å². The van der Waals surface area contributed by atoms with Gasteiger partial charge in [0.25, 0.3) is 11.5 Å². The van der Waals surface area contributed by atoms with Gasteiger partial charge in [0.05, 0.1) is 11.4 Å². The number of carbonyl (C=O) groups is 1. The average Bonchev–Trinajstić information content (AvgIpc) is 3.44. The van der Waals surface area contributed by atoms with Crippen LogP contribution in [0.2, 0.25) is 5.02 Å². The number of nitrogens with one attached hydrogen (secondary N) is 1. The lowest BCUT2D eigenvalue weighted by Crippen LogP contribution is -2.22. The molecule has 40 heavy (non-hydrogen) atoms. The van der Waals surface area contributed by atoms with E-state index in [0.29, 0.717) is 28.6 Å². The molecule has 0 saturated carbocycles. The molecule has 1 N–H and O–H groups in total. The predicted molar refractivity (Wildman–Crippen MR) is 164 cm³/mol. The number of fused-ring (bicyclic) bond motifs is 1. The highest BCUT2D eigenvalue weighted by Crippen LogP contribution is 2.25. The molecule has 3 aromatic carbocycles. The highest BCUT2D eigenvalue weighted by Gasteiger charge is 2.16. The Labute approximate surface area is 243 Å². The van der Waals surface area contributed by atoms with Crippen molar-refractivity contribution in [1.29, 1.82) is 0 Å². The van der Waals surface area contributed by atoms with Crippen molar-refractivity contribution in [2.24, 2.45) is 0 Å². The van der Waals surface area contributed by atoms with Gasteiger partial charge in [-0.3, -0.25) is 14.0 Å². The van der Waals surface area contributed by atoms with E-state index < -0.39 is 0 Å². The Hall–Kier alpha value is -3.81. The second kappa shape index (κ2) is 12.6. The van der Waals surface area contributed by atoms with E-state index in [0.717, 1.165) is 48.2 Å². The quantitative estimate of drug-likeness (QED) is 0.141. The number of thioether (sulfide) groups is 1. The smallest absolute Gasteiger partial charge is 0.259 e. The van der Waals surface area contributed by atoms with E-state index in [-0.39, 0.29) is 11.5 Å². The first kappa shape index (κ1) is 27.7. The highest BCUT2D eigenvalue weighted by molar-refractivity contribution is 7.98. The van der Waals surface area contributed by atoms with E-state index in [1.807, 2.05) is 54.8 Å². The molecule has 0 aliphatic heterocycles. The molecule has 0 fully saturated rings. The first-order valence-corrected chi connectivity index (χ1v) is 15.0. The largest absolute Gasteiger partial charge is 0.348 e. The number of benzene rings is 3. The van der Waals surface area contributed by atoms with Gasteiger partial charge in [-0.05, 0) is 60.2 Å². The van der Waals surface area contributed by atoms with Crippen molar-refractivity contribution in [2.75, 3.05) is 6.26 Å². The Morgan fingerprint density at radius 1 is 0.950 bits per heavy atom. The summed E-state index contributed by atoms with van der Waals surface area (Å²) in [6.07, 6.45) is 6.94. The van der Waals surface area contributed by atoms with E-state index in [1.165, 1.54) is 4.90 Å². The number of halogens is 1. The van der Waals surface area contributed by atoms with E-state index in [4.69, 9.17) is 16.6 Å². The van der Waals surface area contributed by atoms with Gasteiger partial charge in [-0.1, -0.05) is 67.8 Å². The van der Waals surface area contributed by atoms with Crippen LogP contribution in [-0.4, -0.2) is 26.1 Å². The summed E-state index contributed by atoms with van der Waals surface area (Å²) in [7, 11) is 0. The molecule has 2 aromatic heterocycles. The van der Waals surface area contributed by atoms with Crippen molar-refractivity contribution in [3.8, 4) is 22.5 Å². The summed E-state index contributed by atoms with van der Waals surface area (Å²) in [5.41, 5.74) is 4.70. The summed E-state index contributed by atoms with van der Waals surface area (Å²) in [6, 6.07) is 24.6. The maximum absolute atomic E-state index is 13.2. The minimum Gasteiger partial charge on any atom is -0.348 e. The van der Waals surface area contributed by atoms with Gasteiger partial charge in [0, 0.05) is 46.4 Å². The van der Waals surface area contributed by atoms with E-state index in [9.17, 15) is 9.59 Å². The zero-order chi connectivity index (χ0) is 28.1. The molecule has 0 bridgehead atoms. The molecular formula is C32H31ClN4O2S. The molecule has 0 aliphatic carbocycles. The van der Waals surface area contributed by atoms with Crippen molar-refractivity contribution in [3.05, 3.63) is 112 Å². The Kier molecular flexibility index (Phi) is 8.72. The van der Waals surface area contributed by atoms with Crippen molar-refractivity contribution in [2.45, 2.75) is 44.2 Å². The third-order valence-electron chi connectivity index (χ3n) is 6.90. The summed E-state index contributed by atoms with van der Waals surface area (Å²) >= 11 is 7.76. The van der Waals surface area contributed by atoms with Crippen LogP contribution in [0.15, 0.2) is 94.7 Å². The van der Waals surface area contributed by atoms with E-state index >= 15 is 0 Å². The maximum atomic E-state index is 13.2. The lowest BCUT2D eigenvalue weighted by Gasteiger charge is -2.15. The Morgan fingerprint density at radius 3 is 2.33 bits per heavy atom. The molecule has 0 spiro atoms. The number of unbranched alkanes of at least 4 members (excludes halogenated alkanes) is 2. The molecule has 6 nitrogen and oxygen atoms in total. The van der Waals surface area contributed by atoms with Crippen LogP contribution in [0.1, 0.15) is 42.1 Å². The van der Waals surface area contributed by atoms with Crippen LogP contribution in [0.5, 0.6) is 0 Å². The topological polar surface area (TPSA) is 68.4 Å². The third kappa shape index (κ3) is 6.16. The number of aryl methyl sites for hydroxylation is 1. The minimum absolute atomic E-state index is 0.142. The molecule has 1 amide bonds. The summed E-state index contributed by atoms with van der Waals surface area (Å²) in [6.45, 7) is 3.35. The van der Waals surface area contributed by atoms with Crippen LogP contribution in [0, 0.1) is 0 Å². The minimum atomic E-state index is -0.154. The van der Waals surface area contributed by atoms with Crippen LogP contribution in [-0.2, 0) is 13.1 Å². The number of carbonyl (C=O) groups excluding carboxylic acids is 1. The number of nitrogens with zero attached hydrogens (tertiary/aromatic N) is 3. The van der Waals surface area contributed by atoms with Crippen molar-refractivity contribution in [1.82, 2.24) is 19.3 Å². The summed E-state index contributed by atoms with van der Waals surface area (Å²) in [4.78, 5) is 32.1. The van der Waals surface area contributed by atoms with Crippen LogP contribution >= 0.6 is 23.4 Å². The molecule has 0 aliphatic rings. The fourth-order valence-electron chi connectivity index (χ4n) is 4.65. The fraction of sp³-hybridized carbons (Fsp3) is 0.219. The second-order valence-corrected chi connectivity index (χ2v) is 11.0. The van der Waals surface area contributed by atoms with Gasteiger partial charge in [-0.15, -0.1) is 11.8 Å². The van der Waals surface area contributed by atoms with Gasteiger partial charge in [-0.25, -0.2) is 4.98 Å². The van der Waals surface area contributed by atoms with Crippen LogP contribution in [0.3, 0.4) is 0 Å².